The van der Waals surface area contributed by atoms with Crippen LogP contribution in [0.2, 0.25) is 0 Å². The highest BCUT2D eigenvalue weighted by Gasteiger charge is 2.24. The van der Waals surface area contributed by atoms with E-state index in [0.29, 0.717) is 14.8 Å². The number of hydrogen-bond acceptors (Lipinski definition) is 8. The lowest BCUT2D eigenvalue weighted by Gasteiger charge is -2.14. The van der Waals surface area contributed by atoms with Crippen molar-refractivity contribution in [1.29, 1.82) is 5.26 Å². The van der Waals surface area contributed by atoms with Crippen LogP contribution in [0.15, 0.2) is 60.2 Å². The average Bonchev–Trinajstić information content (AvgIpc) is 2.89. The number of nitriles is 1. The second-order valence-corrected chi connectivity index (χ2v) is 8.87. The predicted molar refractivity (Wildman–Crippen MR) is 148 cm³/mol. The van der Waals surface area contributed by atoms with Gasteiger partial charge in [-0.25, -0.2) is 0 Å². The maximum Gasteiger partial charge on any atom is 0.318 e. The number of hydrogen-bond donors (Lipinski definition) is 1. The summed E-state index contributed by atoms with van der Waals surface area (Å²) in [6.45, 7) is 3.97. The molecule has 0 saturated heterocycles. The Bertz CT molecular complexity index is 1460. The summed E-state index contributed by atoms with van der Waals surface area (Å²) in [5, 5.41) is 34.8. The summed E-state index contributed by atoms with van der Waals surface area (Å²) in [5.41, 5.74) is 0.924. The Hall–Kier alpha value is -4.51. The standard InChI is InChI=1S/C26H21IN4O7/c1-3-16-5-7-19(8-6-16)29-26(32)18(15-28)11-17-12-21(27)25(24(13-17)37-4-2)38-23-10-9-20(30(33)34)14-22(23)31(35)36/h5-14H,3-4H2,1-2H3,(H,29,32)/b18-11-. The molecular weight excluding hydrogens is 607 g/mol. The smallest absolute Gasteiger partial charge is 0.318 e. The van der Waals surface area contributed by atoms with E-state index in [1.807, 2.05) is 47.7 Å². The van der Waals surface area contributed by atoms with Crippen molar-refractivity contribution in [1.82, 2.24) is 0 Å². The number of nitro groups is 2. The third-order valence-corrected chi connectivity index (χ3v) is 5.99. The Morgan fingerprint density at radius 2 is 1.76 bits per heavy atom. The average molecular weight is 628 g/mol. The van der Waals surface area contributed by atoms with Crippen LogP contribution in [-0.2, 0) is 11.2 Å². The van der Waals surface area contributed by atoms with Crippen LogP contribution in [0.1, 0.15) is 25.0 Å². The third kappa shape index (κ3) is 6.83. The summed E-state index contributed by atoms with van der Waals surface area (Å²) in [6.07, 6.45) is 2.24. The summed E-state index contributed by atoms with van der Waals surface area (Å²) >= 11 is 1.93. The summed E-state index contributed by atoms with van der Waals surface area (Å²) in [5.74, 6) is -0.466. The van der Waals surface area contributed by atoms with Crippen molar-refractivity contribution in [3.05, 3.63) is 95.1 Å². The molecule has 3 aromatic carbocycles. The molecule has 0 aliphatic rings. The zero-order valence-electron chi connectivity index (χ0n) is 20.3. The zero-order chi connectivity index (χ0) is 27.8. The Morgan fingerprint density at radius 3 is 2.34 bits per heavy atom. The molecule has 0 aliphatic carbocycles. The number of ether oxygens (including phenoxy) is 2. The van der Waals surface area contributed by atoms with E-state index in [2.05, 4.69) is 5.32 Å². The molecule has 1 N–H and O–H groups in total. The number of carbonyl (C=O) groups is 1. The van der Waals surface area contributed by atoms with E-state index in [4.69, 9.17) is 9.47 Å². The molecule has 1 amide bonds. The van der Waals surface area contributed by atoms with Gasteiger partial charge in [0, 0.05) is 11.8 Å². The van der Waals surface area contributed by atoms with Crippen molar-refractivity contribution in [2.45, 2.75) is 20.3 Å². The van der Waals surface area contributed by atoms with Crippen LogP contribution < -0.4 is 14.8 Å². The van der Waals surface area contributed by atoms with Crippen molar-refractivity contribution in [3.63, 3.8) is 0 Å². The zero-order valence-corrected chi connectivity index (χ0v) is 22.4. The van der Waals surface area contributed by atoms with Crippen molar-refractivity contribution in [2.24, 2.45) is 0 Å². The molecule has 0 heterocycles. The van der Waals surface area contributed by atoms with E-state index in [-0.39, 0.29) is 29.4 Å². The highest BCUT2D eigenvalue weighted by Crippen LogP contribution is 2.41. The lowest BCUT2D eigenvalue weighted by Crippen LogP contribution is -2.13. The van der Waals surface area contributed by atoms with E-state index in [0.717, 1.165) is 30.2 Å². The van der Waals surface area contributed by atoms with E-state index < -0.39 is 27.1 Å². The van der Waals surface area contributed by atoms with Gasteiger partial charge in [0.15, 0.2) is 11.5 Å². The fraction of sp³-hybridized carbons (Fsp3) is 0.154. The van der Waals surface area contributed by atoms with Gasteiger partial charge in [-0.15, -0.1) is 0 Å². The minimum absolute atomic E-state index is 0.139. The first kappa shape index (κ1) is 28.1. The van der Waals surface area contributed by atoms with Crippen LogP contribution in [0.3, 0.4) is 0 Å². The first-order chi connectivity index (χ1) is 18.2. The van der Waals surface area contributed by atoms with Crippen LogP contribution in [0, 0.1) is 35.1 Å². The van der Waals surface area contributed by atoms with Crippen molar-refractivity contribution in [2.75, 3.05) is 11.9 Å². The molecule has 194 valence electrons. The minimum atomic E-state index is -0.778. The first-order valence-corrected chi connectivity index (χ1v) is 12.3. The number of nitrogens with one attached hydrogen (secondary N) is 1. The fourth-order valence-corrected chi connectivity index (χ4v) is 4.06. The first-order valence-electron chi connectivity index (χ1n) is 11.3. The second-order valence-electron chi connectivity index (χ2n) is 7.71. The molecule has 0 atom stereocenters. The number of carbonyl (C=O) groups excluding carboxylic acids is 1. The minimum Gasteiger partial charge on any atom is -0.490 e. The highest BCUT2D eigenvalue weighted by molar-refractivity contribution is 14.1. The van der Waals surface area contributed by atoms with Gasteiger partial charge in [-0.3, -0.25) is 25.0 Å². The molecule has 3 rings (SSSR count). The molecule has 0 radical (unpaired) electrons. The number of benzene rings is 3. The molecule has 0 fully saturated rings. The largest absolute Gasteiger partial charge is 0.490 e. The number of non-ortho nitro benzene ring substituents is 1. The second kappa shape index (κ2) is 12.6. The van der Waals surface area contributed by atoms with Crippen molar-refractivity contribution < 1.29 is 24.1 Å². The summed E-state index contributed by atoms with van der Waals surface area (Å²) in [7, 11) is 0. The molecule has 0 spiro atoms. The van der Waals surface area contributed by atoms with Gasteiger partial charge in [0.05, 0.1) is 26.1 Å². The lowest BCUT2D eigenvalue weighted by atomic mass is 10.1. The van der Waals surface area contributed by atoms with E-state index in [1.165, 1.54) is 12.1 Å². The maximum atomic E-state index is 12.7. The number of anilines is 1. The van der Waals surface area contributed by atoms with Crippen LogP contribution in [0.5, 0.6) is 17.2 Å². The number of nitro benzene ring substituents is 2. The van der Waals surface area contributed by atoms with Crippen LogP contribution in [0.25, 0.3) is 6.08 Å². The summed E-state index contributed by atoms with van der Waals surface area (Å²) < 4.78 is 11.9. The van der Waals surface area contributed by atoms with E-state index in [9.17, 15) is 30.3 Å². The highest BCUT2D eigenvalue weighted by atomic mass is 127. The van der Waals surface area contributed by atoms with Gasteiger partial charge in [0.25, 0.3) is 11.6 Å². The van der Waals surface area contributed by atoms with Gasteiger partial charge in [0.2, 0.25) is 5.75 Å². The molecule has 3 aromatic rings. The molecule has 12 heteroatoms. The monoisotopic (exact) mass is 628 g/mol. The van der Waals surface area contributed by atoms with Crippen molar-refractivity contribution in [3.8, 4) is 23.3 Å². The number of amides is 1. The third-order valence-electron chi connectivity index (χ3n) is 5.19. The number of nitrogens with zero attached hydrogens (tertiary/aromatic N) is 3. The summed E-state index contributed by atoms with van der Waals surface area (Å²) in [6, 6.07) is 15.4. The van der Waals surface area contributed by atoms with Gasteiger partial charge in [-0.05, 0) is 83.5 Å². The SMILES string of the molecule is CCOc1cc(/C=C(/C#N)C(=O)Nc2ccc(CC)cc2)cc(I)c1Oc1ccc([N+](=O)[O-])cc1[N+](=O)[O-]. The molecule has 0 unspecified atom stereocenters. The van der Waals surface area contributed by atoms with E-state index >= 15 is 0 Å². The quantitative estimate of drug-likeness (QED) is 0.0888. The molecule has 0 aromatic heterocycles. The Labute approximate surface area is 231 Å². The van der Waals surface area contributed by atoms with Gasteiger partial charge < -0.3 is 14.8 Å². The number of halogens is 1. The molecule has 38 heavy (non-hydrogen) atoms. The predicted octanol–water partition coefficient (Wildman–Crippen LogP) is 6.41. The molecule has 0 bridgehead atoms. The molecule has 0 saturated carbocycles. The van der Waals surface area contributed by atoms with E-state index in [1.54, 1.807) is 25.1 Å². The van der Waals surface area contributed by atoms with Gasteiger partial charge in [-0.2, -0.15) is 5.26 Å². The Morgan fingerprint density at radius 1 is 1.05 bits per heavy atom. The number of aryl methyl sites for hydroxylation is 1. The lowest BCUT2D eigenvalue weighted by molar-refractivity contribution is -0.394. The van der Waals surface area contributed by atoms with Gasteiger partial charge in [0.1, 0.15) is 11.6 Å². The van der Waals surface area contributed by atoms with Gasteiger partial charge >= 0.3 is 5.69 Å². The van der Waals surface area contributed by atoms with Crippen LogP contribution in [0.4, 0.5) is 17.1 Å². The van der Waals surface area contributed by atoms with Crippen LogP contribution in [-0.4, -0.2) is 22.4 Å². The molecule has 0 aliphatic heterocycles. The number of rotatable bonds is 10. The molecular formula is C26H21IN4O7. The fourth-order valence-electron chi connectivity index (χ4n) is 3.33. The molecule has 11 nitrogen and oxygen atoms in total. The van der Waals surface area contributed by atoms with Gasteiger partial charge in [-0.1, -0.05) is 19.1 Å². The van der Waals surface area contributed by atoms with Crippen molar-refractivity contribution >= 4 is 51.6 Å². The Kier molecular flexibility index (Phi) is 9.33. The summed E-state index contributed by atoms with van der Waals surface area (Å²) in [4.78, 5) is 33.7. The maximum absolute atomic E-state index is 12.7. The Balaban J connectivity index is 1.95. The van der Waals surface area contributed by atoms with Crippen LogP contribution >= 0.6 is 22.6 Å². The normalized spacial score (nSPS) is 10.8. The topological polar surface area (TPSA) is 158 Å².